The summed E-state index contributed by atoms with van der Waals surface area (Å²) < 4.78 is 26.7. The summed E-state index contributed by atoms with van der Waals surface area (Å²) in [6.07, 6.45) is 1.80. The van der Waals surface area contributed by atoms with Crippen LogP contribution >= 0.6 is 11.6 Å². The summed E-state index contributed by atoms with van der Waals surface area (Å²) in [5.41, 5.74) is 0.233. The van der Waals surface area contributed by atoms with Gasteiger partial charge in [-0.15, -0.1) is 0 Å². The second-order valence-electron chi connectivity index (χ2n) is 6.18. The van der Waals surface area contributed by atoms with Crippen LogP contribution in [0.2, 0.25) is 5.02 Å². The Morgan fingerprint density at radius 3 is 2.35 bits per heavy atom. The van der Waals surface area contributed by atoms with Crippen molar-refractivity contribution in [3.05, 3.63) is 23.2 Å². The van der Waals surface area contributed by atoms with Crippen LogP contribution in [-0.2, 0) is 24.4 Å². The Balaban J connectivity index is 1.76. The van der Waals surface area contributed by atoms with E-state index in [2.05, 4.69) is 5.32 Å². The summed E-state index contributed by atoms with van der Waals surface area (Å²) in [5.74, 6) is -1.36. The summed E-state index contributed by atoms with van der Waals surface area (Å²) in [7, 11) is -3.74. The van der Waals surface area contributed by atoms with Crippen LogP contribution in [0.15, 0.2) is 23.1 Å². The Morgan fingerprint density at radius 1 is 1.12 bits per heavy atom. The SMILES string of the molecule is O=C(CN1C(=O)CCC1=O)Nc1ccc(Cl)c(S(=O)(=O)N2CCCC2)c1. The molecule has 0 unspecified atom stereocenters. The molecule has 1 aromatic rings. The number of amides is 3. The molecule has 0 bridgehead atoms. The number of halogens is 1. The van der Waals surface area contributed by atoms with Crippen molar-refractivity contribution in [2.45, 2.75) is 30.6 Å². The van der Waals surface area contributed by atoms with Crippen LogP contribution in [0.25, 0.3) is 0 Å². The van der Waals surface area contributed by atoms with Crippen molar-refractivity contribution in [2.24, 2.45) is 0 Å². The van der Waals surface area contributed by atoms with Gasteiger partial charge in [0.1, 0.15) is 11.4 Å². The average Bonchev–Trinajstić information content (AvgIpc) is 3.23. The minimum Gasteiger partial charge on any atom is -0.324 e. The molecule has 1 N–H and O–H groups in total. The predicted octanol–water partition coefficient (Wildman–Crippen LogP) is 1.21. The maximum Gasteiger partial charge on any atom is 0.244 e. The van der Waals surface area contributed by atoms with Gasteiger partial charge in [-0.3, -0.25) is 19.3 Å². The number of benzene rings is 1. The number of nitrogens with one attached hydrogen (secondary N) is 1. The molecule has 2 fully saturated rings. The van der Waals surface area contributed by atoms with E-state index >= 15 is 0 Å². The van der Waals surface area contributed by atoms with E-state index in [0.717, 1.165) is 17.7 Å². The molecule has 0 atom stereocenters. The van der Waals surface area contributed by atoms with Crippen LogP contribution in [-0.4, -0.2) is 55.0 Å². The highest BCUT2D eigenvalue weighted by Gasteiger charge is 2.31. The molecule has 10 heteroatoms. The average molecular weight is 400 g/mol. The van der Waals surface area contributed by atoms with Crippen molar-refractivity contribution in [2.75, 3.05) is 25.0 Å². The van der Waals surface area contributed by atoms with Crippen molar-refractivity contribution in [1.82, 2.24) is 9.21 Å². The quantitative estimate of drug-likeness (QED) is 0.749. The maximum atomic E-state index is 12.7. The number of carbonyl (C=O) groups is 3. The lowest BCUT2D eigenvalue weighted by Crippen LogP contribution is -2.36. The number of rotatable bonds is 5. The predicted molar refractivity (Wildman–Crippen MR) is 94.0 cm³/mol. The Hall–Kier alpha value is -1.97. The van der Waals surface area contributed by atoms with E-state index in [1.807, 2.05) is 0 Å². The molecule has 0 aliphatic carbocycles. The standard InChI is InChI=1S/C16H18ClN3O5S/c17-12-4-3-11(9-13(12)26(24,25)19-7-1-2-8-19)18-14(21)10-20-15(22)5-6-16(20)23/h3-4,9H,1-2,5-8,10H2,(H,18,21). The number of hydrogen-bond acceptors (Lipinski definition) is 5. The number of carbonyl (C=O) groups excluding carboxylic acids is 3. The van der Waals surface area contributed by atoms with Gasteiger partial charge in [-0.25, -0.2) is 8.42 Å². The molecule has 26 heavy (non-hydrogen) atoms. The van der Waals surface area contributed by atoms with E-state index in [1.54, 1.807) is 0 Å². The first-order chi connectivity index (χ1) is 12.3. The Morgan fingerprint density at radius 2 is 1.73 bits per heavy atom. The second-order valence-corrected chi connectivity index (χ2v) is 8.49. The number of likely N-dealkylation sites (tertiary alicyclic amines) is 1. The van der Waals surface area contributed by atoms with Crippen LogP contribution in [0.4, 0.5) is 5.69 Å². The molecule has 0 radical (unpaired) electrons. The zero-order chi connectivity index (χ0) is 18.9. The molecule has 3 rings (SSSR count). The Kier molecular flexibility index (Phi) is 5.31. The van der Waals surface area contributed by atoms with Gasteiger partial charge in [0, 0.05) is 31.6 Å². The molecule has 0 spiro atoms. The van der Waals surface area contributed by atoms with Gasteiger partial charge in [-0.2, -0.15) is 4.31 Å². The molecule has 3 amide bonds. The monoisotopic (exact) mass is 399 g/mol. The summed E-state index contributed by atoms with van der Waals surface area (Å²) in [6, 6.07) is 4.16. The normalized spacial score (nSPS) is 18.6. The maximum absolute atomic E-state index is 12.7. The smallest absolute Gasteiger partial charge is 0.244 e. The highest BCUT2D eigenvalue weighted by Crippen LogP contribution is 2.29. The van der Waals surface area contributed by atoms with Crippen LogP contribution in [0.1, 0.15) is 25.7 Å². The largest absolute Gasteiger partial charge is 0.324 e. The van der Waals surface area contributed by atoms with Gasteiger partial charge >= 0.3 is 0 Å². The number of hydrogen-bond donors (Lipinski definition) is 1. The molecule has 2 heterocycles. The van der Waals surface area contributed by atoms with E-state index in [0.29, 0.717) is 13.1 Å². The molecule has 0 saturated carbocycles. The fourth-order valence-electron chi connectivity index (χ4n) is 2.99. The number of sulfonamides is 1. The summed E-state index contributed by atoms with van der Waals surface area (Å²) in [5, 5.41) is 2.58. The fraction of sp³-hybridized carbons (Fsp3) is 0.438. The minimum absolute atomic E-state index is 0.0693. The van der Waals surface area contributed by atoms with Gasteiger partial charge in [0.15, 0.2) is 0 Å². The third kappa shape index (κ3) is 3.74. The summed E-state index contributed by atoms with van der Waals surface area (Å²) in [6.45, 7) is 0.483. The van der Waals surface area contributed by atoms with Gasteiger partial charge in [0.2, 0.25) is 27.7 Å². The number of nitrogens with zero attached hydrogens (tertiary/aromatic N) is 2. The highest BCUT2D eigenvalue weighted by atomic mass is 35.5. The molecule has 140 valence electrons. The van der Waals surface area contributed by atoms with Crippen molar-refractivity contribution < 1.29 is 22.8 Å². The lowest BCUT2D eigenvalue weighted by Gasteiger charge is -2.18. The Labute approximate surface area is 156 Å². The van der Waals surface area contributed by atoms with Crippen molar-refractivity contribution in [3.63, 3.8) is 0 Å². The van der Waals surface area contributed by atoms with Crippen LogP contribution in [0.5, 0.6) is 0 Å². The van der Waals surface area contributed by atoms with E-state index in [9.17, 15) is 22.8 Å². The van der Waals surface area contributed by atoms with Gasteiger partial charge in [-0.05, 0) is 31.0 Å². The fourth-order valence-corrected chi connectivity index (χ4v) is 5.01. The topological polar surface area (TPSA) is 104 Å². The van der Waals surface area contributed by atoms with Gasteiger partial charge in [0.25, 0.3) is 0 Å². The van der Waals surface area contributed by atoms with E-state index in [1.165, 1.54) is 22.5 Å². The molecule has 2 saturated heterocycles. The zero-order valence-electron chi connectivity index (χ0n) is 13.9. The minimum atomic E-state index is -3.74. The Bertz CT molecular complexity index is 849. The molecule has 2 aliphatic rings. The molecule has 0 aromatic heterocycles. The molecule has 2 aliphatic heterocycles. The first-order valence-electron chi connectivity index (χ1n) is 8.22. The van der Waals surface area contributed by atoms with Crippen molar-refractivity contribution in [3.8, 4) is 0 Å². The van der Waals surface area contributed by atoms with Crippen LogP contribution in [0.3, 0.4) is 0 Å². The first kappa shape index (κ1) is 18.8. The zero-order valence-corrected chi connectivity index (χ0v) is 15.5. The molecule has 8 nitrogen and oxygen atoms in total. The van der Waals surface area contributed by atoms with Crippen molar-refractivity contribution >= 4 is 45.0 Å². The van der Waals surface area contributed by atoms with Crippen LogP contribution < -0.4 is 5.32 Å². The molecule has 1 aromatic carbocycles. The van der Waals surface area contributed by atoms with Gasteiger partial charge in [-0.1, -0.05) is 11.6 Å². The lowest BCUT2D eigenvalue weighted by atomic mass is 10.3. The van der Waals surface area contributed by atoms with E-state index in [4.69, 9.17) is 11.6 Å². The molecular weight excluding hydrogens is 382 g/mol. The highest BCUT2D eigenvalue weighted by molar-refractivity contribution is 7.89. The summed E-state index contributed by atoms with van der Waals surface area (Å²) in [4.78, 5) is 36.1. The van der Waals surface area contributed by atoms with Crippen molar-refractivity contribution in [1.29, 1.82) is 0 Å². The third-order valence-electron chi connectivity index (χ3n) is 4.35. The number of anilines is 1. The third-order valence-corrected chi connectivity index (χ3v) is 6.73. The second kappa shape index (κ2) is 7.34. The van der Waals surface area contributed by atoms with E-state index < -0.39 is 34.3 Å². The lowest BCUT2D eigenvalue weighted by molar-refractivity contribution is -0.141. The number of imide groups is 1. The molecular formula is C16H18ClN3O5S. The first-order valence-corrected chi connectivity index (χ1v) is 10.0. The van der Waals surface area contributed by atoms with Gasteiger partial charge < -0.3 is 5.32 Å². The van der Waals surface area contributed by atoms with E-state index in [-0.39, 0.29) is 28.4 Å². The van der Waals surface area contributed by atoms with Gasteiger partial charge in [0.05, 0.1) is 5.02 Å². The summed E-state index contributed by atoms with van der Waals surface area (Å²) >= 11 is 6.06. The van der Waals surface area contributed by atoms with Crippen LogP contribution in [0, 0.1) is 0 Å².